The number of phenolic OH excluding ortho intramolecular Hbond substituents is 1. The van der Waals surface area contributed by atoms with Crippen LogP contribution in [0.4, 0.5) is 0 Å². The van der Waals surface area contributed by atoms with Gasteiger partial charge >= 0.3 is 0 Å². The van der Waals surface area contributed by atoms with Crippen molar-refractivity contribution in [3.63, 3.8) is 0 Å². The average Bonchev–Trinajstić information content (AvgIpc) is 3.69. The highest BCUT2D eigenvalue weighted by atomic mass is 32.1. The molecule has 9 heteroatoms. The van der Waals surface area contributed by atoms with Crippen LogP contribution in [-0.2, 0) is 16.0 Å². The monoisotopic (exact) mass is 553 g/mol. The smallest absolute Gasteiger partial charge is 0.262 e. The van der Waals surface area contributed by atoms with Crippen LogP contribution in [0.2, 0.25) is 0 Å². The topological polar surface area (TPSA) is 107 Å². The number of rotatable bonds is 6. The molecule has 40 heavy (non-hydrogen) atoms. The summed E-state index contributed by atoms with van der Waals surface area (Å²) in [7, 11) is 0. The second-order valence-electron chi connectivity index (χ2n) is 10.1. The zero-order valence-corrected chi connectivity index (χ0v) is 22.3. The number of likely N-dealkylation sites (tertiary alicyclic amines) is 2. The van der Waals surface area contributed by atoms with Gasteiger partial charge in [-0.15, -0.1) is 11.3 Å². The Labute approximate surface area is 234 Å². The van der Waals surface area contributed by atoms with Gasteiger partial charge in [-0.05, 0) is 53.8 Å². The minimum Gasteiger partial charge on any atom is -0.508 e. The Kier molecular flexibility index (Phi) is 6.81. The van der Waals surface area contributed by atoms with Gasteiger partial charge in [-0.3, -0.25) is 19.2 Å². The summed E-state index contributed by atoms with van der Waals surface area (Å²) in [5.74, 6) is -1.04. The van der Waals surface area contributed by atoms with Crippen molar-refractivity contribution in [3.8, 4) is 5.75 Å². The summed E-state index contributed by atoms with van der Waals surface area (Å²) in [5, 5.41) is 13.6. The second kappa shape index (κ2) is 10.6. The van der Waals surface area contributed by atoms with E-state index in [9.17, 15) is 24.3 Å². The van der Waals surface area contributed by atoms with E-state index < -0.39 is 18.1 Å². The molecule has 4 aromatic rings. The normalized spacial score (nSPS) is 19.1. The van der Waals surface area contributed by atoms with Crippen LogP contribution < -0.4 is 5.32 Å². The maximum Gasteiger partial charge on any atom is 0.262 e. The lowest BCUT2D eigenvalue weighted by atomic mass is 10.0. The molecule has 0 aliphatic carbocycles. The van der Waals surface area contributed by atoms with Crippen LogP contribution in [0.15, 0.2) is 84.9 Å². The predicted octanol–water partition coefficient (Wildman–Crippen LogP) is 3.64. The van der Waals surface area contributed by atoms with Gasteiger partial charge in [-0.1, -0.05) is 48.5 Å². The van der Waals surface area contributed by atoms with Gasteiger partial charge < -0.3 is 20.2 Å². The van der Waals surface area contributed by atoms with E-state index in [0.717, 1.165) is 15.6 Å². The third-order valence-electron chi connectivity index (χ3n) is 7.62. The number of amides is 3. The van der Waals surface area contributed by atoms with Gasteiger partial charge in [-0.25, -0.2) is 0 Å². The SMILES string of the molecule is O=C(NC(Cc1ccc(O)cc1)C(=O)N1CC[C@@H]2[C@H]1C(=O)CN2C(=O)c1ccccc1)c1cc2ccccc2s1. The van der Waals surface area contributed by atoms with Crippen molar-refractivity contribution < 1.29 is 24.3 Å². The molecule has 0 saturated carbocycles. The van der Waals surface area contributed by atoms with Crippen LogP contribution in [0.25, 0.3) is 10.1 Å². The fourth-order valence-electron chi connectivity index (χ4n) is 5.68. The van der Waals surface area contributed by atoms with Crippen molar-refractivity contribution in [1.29, 1.82) is 0 Å². The lowest BCUT2D eigenvalue weighted by Gasteiger charge is -2.28. The Morgan fingerprint density at radius 2 is 1.68 bits per heavy atom. The molecule has 1 unspecified atom stereocenters. The van der Waals surface area contributed by atoms with E-state index in [-0.39, 0.29) is 42.2 Å². The Bertz CT molecular complexity index is 1570. The van der Waals surface area contributed by atoms with Crippen LogP contribution in [0, 0.1) is 0 Å². The van der Waals surface area contributed by atoms with Crippen molar-refractivity contribution in [3.05, 3.63) is 101 Å². The maximum absolute atomic E-state index is 14.0. The molecule has 0 spiro atoms. The highest BCUT2D eigenvalue weighted by Crippen LogP contribution is 2.32. The van der Waals surface area contributed by atoms with Gasteiger partial charge in [0.25, 0.3) is 11.8 Å². The average molecular weight is 554 g/mol. The van der Waals surface area contributed by atoms with Gasteiger partial charge in [0.15, 0.2) is 5.78 Å². The third-order valence-corrected chi connectivity index (χ3v) is 8.73. The molecular formula is C31H27N3O5S. The number of fused-ring (bicyclic) bond motifs is 2. The molecule has 0 radical (unpaired) electrons. The van der Waals surface area contributed by atoms with Gasteiger partial charge in [0.05, 0.1) is 17.5 Å². The molecule has 2 aliphatic heterocycles. The first-order chi connectivity index (χ1) is 19.4. The number of carbonyl (C=O) groups is 4. The number of nitrogens with one attached hydrogen (secondary N) is 1. The van der Waals surface area contributed by atoms with Crippen LogP contribution in [0.5, 0.6) is 5.75 Å². The molecule has 202 valence electrons. The second-order valence-corrected chi connectivity index (χ2v) is 11.2. The molecular weight excluding hydrogens is 526 g/mol. The lowest BCUT2D eigenvalue weighted by molar-refractivity contribution is -0.138. The fourth-order valence-corrected chi connectivity index (χ4v) is 6.64. The largest absolute Gasteiger partial charge is 0.508 e. The molecule has 0 bridgehead atoms. The van der Waals surface area contributed by atoms with E-state index >= 15 is 0 Å². The number of nitrogens with zero attached hydrogens (tertiary/aromatic N) is 2. The van der Waals surface area contributed by atoms with Crippen molar-refractivity contribution in [2.75, 3.05) is 13.1 Å². The Morgan fingerprint density at radius 1 is 0.950 bits per heavy atom. The summed E-state index contributed by atoms with van der Waals surface area (Å²) in [4.78, 5) is 57.3. The Balaban J connectivity index is 1.25. The Hall–Kier alpha value is -4.50. The van der Waals surface area contributed by atoms with Gasteiger partial charge in [-0.2, -0.15) is 0 Å². The predicted molar refractivity (Wildman–Crippen MR) is 151 cm³/mol. The number of Topliss-reactive ketones (excluding diaryl/α,β-unsaturated/α-hetero) is 1. The van der Waals surface area contributed by atoms with Crippen LogP contribution in [-0.4, -0.2) is 69.6 Å². The van der Waals surface area contributed by atoms with E-state index in [1.54, 1.807) is 47.4 Å². The molecule has 1 aromatic heterocycles. The maximum atomic E-state index is 14.0. The van der Waals surface area contributed by atoms with Crippen molar-refractivity contribution >= 4 is 44.9 Å². The third kappa shape index (κ3) is 4.84. The number of aromatic hydroxyl groups is 1. The summed E-state index contributed by atoms with van der Waals surface area (Å²) >= 11 is 1.35. The highest BCUT2D eigenvalue weighted by Gasteiger charge is 2.52. The fraction of sp³-hybridized carbons (Fsp3) is 0.226. The molecule has 2 N–H and O–H groups in total. The van der Waals surface area contributed by atoms with E-state index in [4.69, 9.17) is 0 Å². The zero-order chi connectivity index (χ0) is 27.8. The van der Waals surface area contributed by atoms with Gasteiger partial charge in [0.2, 0.25) is 5.91 Å². The van der Waals surface area contributed by atoms with Crippen molar-refractivity contribution in [2.45, 2.75) is 31.0 Å². The molecule has 8 nitrogen and oxygen atoms in total. The molecule has 2 fully saturated rings. The van der Waals surface area contributed by atoms with E-state index in [0.29, 0.717) is 23.4 Å². The number of benzene rings is 3. The number of phenols is 1. The summed E-state index contributed by atoms with van der Waals surface area (Å²) in [6.07, 6.45) is 0.668. The van der Waals surface area contributed by atoms with E-state index in [2.05, 4.69) is 5.32 Å². The first-order valence-electron chi connectivity index (χ1n) is 13.2. The number of hydrogen-bond donors (Lipinski definition) is 2. The first-order valence-corrected chi connectivity index (χ1v) is 14.0. The molecule has 3 aromatic carbocycles. The standard InChI is InChI=1S/C31H27N3O5S/c35-22-12-10-19(11-13-22)16-23(32-29(37)27-17-21-8-4-5-9-26(21)40-27)31(39)33-15-14-24-28(33)25(36)18-34(24)30(38)20-6-2-1-3-7-20/h1-13,17,23-24,28,35H,14-16,18H2,(H,32,37)/t23?,24-,28+/m1/s1. The number of ketones is 1. The van der Waals surface area contributed by atoms with Crippen molar-refractivity contribution in [1.82, 2.24) is 15.1 Å². The van der Waals surface area contributed by atoms with Crippen LogP contribution in [0.1, 0.15) is 32.0 Å². The van der Waals surface area contributed by atoms with Crippen LogP contribution in [0.3, 0.4) is 0 Å². The number of hydrogen-bond acceptors (Lipinski definition) is 6. The minimum atomic E-state index is -0.937. The minimum absolute atomic E-state index is 0.0520. The zero-order valence-electron chi connectivity index (χ0n) is 21.5. The lowest BCUT2D eigenvalue weighted by Crippen LogP contribution is -2.53. The van der Waals surface area contributed by atoms with E-state index in [1.807, 2.05) is 30.3 Å². The van der Waals surface area contributed by atoms with E-state index in [1.165, 1.54) is 28.4 Å². The summed E-state index contributed by atoms with van der Waals surface area (Å²) in [6.45, 7) is 0.257. The van der Waals surface area contributed by atoms with Crippen molar-refractivity contribution in [2.24, 2.45) is 0 Å². The van der Waals surface area contributed by atoms with Gasteiger partial charge in [0.1, 0.15) is 17.8 Å². The summed E-state index contributed by atoms with van der Waals surface area (Å²) < 4.78 is 0.969. The molecule has 2 saturated heterocycles. The highest BCUT2D eigenvalue weighted by molar-refractivity contribution is 7.20. The molecule has 3 atom stereocenters. The molecule has 3 amide bonds. The summed E-state index contributed by atoms with van der Waals surface area (Å²) in [5.41, 5.74) is 1.25. The first kappa shape index (κ1) is 25.8. The number of carbonyl (C=O) groups excluding carboxylic acids is 4. The molecule has 6 rings (SSSR count). The quantitative estimate of drug-likeness (QED) is 0.379. The van der Waals surface area contributed by atoms with Gasteiger partial charge in [0, 0.05) is 23.2 Å². The summed E-state index contributed by atoms with van der Waals surface area (Å²) in [6, 6.07) is 22.7. The van der Waals surface area contributed by atoms with Crippen LogP contribution >= 0.6 is 11.3 Å². The Morgan fingerprint density at radius 3 is 2.42 bits per heavy atom. The molecule has 3 heterocycles. The molecule has 2 aliphatic rings. The number of thiophene rings is 1.